The van der Waals surface area contributed by atoms with Crippen molar-refractivity contribution in [3.05, 3.63) is 53.6 Å². The van der Waals surface area contributed by atoms with Gasteiger partial charge in [0.15, 0.2) is 0 Å². The Balaban J connectivity index is 1.37. The summed E-state index contributed by atoms with van der Waals surface area (Å²) in [4.78, 5) is 26.6. The number of fused-ring (bicyclic) bond motifs is 1. The van der Waals surface area contributed by atoms with Crippen molar-refractivity contribution < 1.29 is 14.3 Å². The highest BCUT2D eigenvalue weighted by atomic mass is 16.5. The second kappa shape index (κ2) is 7.92. The van der Waals surface area contributed by atoms with Crippen LogP contribution in [-0.2, 0) is 17.8 Å². The van der Waals surface area contributed by atoms with E-state index in [1.807, 2.05) is 42.2 Å². The van der Waals surface area contributed by atoms with Gasteiger partial charge in [-0.3, -0.25) is 4.79 Å². The van der Waals surface area contributed by atoms with Crippen LogP contribution in [0, 0.1) is 5.92 Å². The first-order valence-corrected chi connectivity index (χ1v) is 9.84. The normalized spacial score (nSPS) is 15.5. The molecule has 2 N–H and O–H groups in total. The van der Waals surface area contributed by atoms with Crippen molar-refractivity contribution in [2.24, 2.45) is 5.92 Å². The van der Waals surface area contributed by atoms with Crippen LogP contribution in [0.3, 0.4) is 0 Å². The molecule has 4 rings (SSSR count). The standard InChI is InChI=1S/C22H25N3O3/c1-2-28-20-9-7-18(8-10-20)23-22(27)24-19-6-5-15-11-12-25(14-17(15)13-19)21(26)16-3-4-16/h5-10,13,16H,2-4,11-12,14H2,1H3,(H2,23,24,27). The number of ether oxygens (including phenoxy) is 1. The second-order valence-corrected chi connectivity index (χ2v) is 7.30. The third-order valence-corrected chi connectivity index (χ3v) is 5.14. The van der Waals surface area contributed by atoms with Crippen LogP contribution in [-0.4, -0.2) is 30.0 Å². The molecule has 2 aromatic carbocycles. The van der Waals surface area contributed by atoms with Crippen LogP contribution < -0.4 is 15.4 Å². The van der Waals surface area contributed by atoms with Crippen LogP contribution in [0.2, 0.25) is 0 Å². The Morgan fingerprint density at radius 3 is 2.46 bits per heavy atom. The molecular formula is C22H25N3O3. The van der Waals surface area contributed by atoms with Crippen LogP contribution in [0.25, 0.3) is 0 Å². The van der Waals surface area contributed by atoms with E-state index >= 15 is 0 Å². The van der Waals surface area contributed by atoms with Gasteiger partial charge in [0.1, 0.15) is 5.75 Å². The molecule has 1 aliphatic carbocycles. The Kier molecular flexibility index (Phi) is 5.19. The summed E-state index contributed by atoms with van der Waals surface area (Å²) in [5.41, 5.74) is 3.78. The average molecular weight is 379 g/mol. The maximum Gasteiger partial charge on any atom is 0.323 e. The van der Waals surface area contributed by atoms with Gasteiger partial charge >= 0.3 is 6.03 Å². The summed E-state index contributed by atoms with van der Waals surface area (Å²) < 4.78 is 5.40. The molecule has 6 nitrogen and oxygen atoms in total. The van der Waals surface area contributed by atoms with Crippen molar-refractivity contribution in [2.45, 2.75) is 32.7 Å². The summed E-state index contributed by atoms with van der Waals surface area (Å²) in [7, 11) is 0. The zero-order chi connectivity index (χ0) is 19.5. The monoisotopic (exact) mass is 379 g/mol. The van der Waals surface area contributed by atoms with Crippen LogP contribution in [0.15, 0.2) is 42.5 Å². The molecule has 0 spiro atoms. The van der Waals surface area contributed by atoms with Crippen LogP contribution in [0.1, 0.15) is 30.9 Å². The predicted octanol–water partition coefficient (Wildman–Crippen LogP) is 4.02. The van der Waals surface area contributed by atoms with Gasteiger partial charge in [0.25, 0.3) is 0 Å². The minimum atomic E-state index is -0.300. The molecule has 1 saturated carbocycles. The number of amides is 3. The zero-order valence-electron chi connectivity index (χ0n) is 16.0. The third kappa shape index (κ3) is 4.27. The Morgan fingerprint density at radius 2 is 1.75 bits per heavy atom. The molecule has 0 atom stereocenters. The zero-order valence-corrected chi connectivity index (χ0v) is 16.0. The van der Waals surface area contributed by atoms with Gasteiger partial charge in [-0.15, -0.1) is 0 Å². The molecule has 3 amide bonds. The fourth-order valence-corrected chi connectivity index (χ4v) is 3.51. The fraction of sp³-hybridized carbons (Fsp3) is 0.364. The quantitative estimate of drug-likeness (QED) is 0.824. The highest BCUT2D eigenvalue weighted by Crippen LogP contribution is 2.33. The number of hydrogen-bond acceptors (Lipinski definition) is 3. The van der Waals surface area contributed by atoms with E-state index in [0.717, 1.165) is 42.8 Å². The van der Waals surface area contributed by atoms with E-state index in [2.05, 4.69) is 10.6 Å². The van der Waals surface area contributed by atoms with E-state index < -0.39 is 0 Å². The van der Waals surface area contributed by atoms with Gasteiger partial charge in [-0.1, -0.05) is 6.07 Å². The first kappa shape index (κ1) is 18.3. The minimum absolute atomic E-state index is 0.239. The summed E-state index contributed by atoms with van der Waals surface area (Å²) in [5, 5.41) is 5.69. The number of carbonyl (C=O) groups excluding carboxylic acids is 2. The van der Waals surface area contributed by atoms with E-state index in [-0.39, 0.29) is 17.9 Å². The number of nitrogens with zero attached hydrogens (tertiary/aromatic N) is 1. The van der Waals surface area contributed by atoms with E-state index in [1.54, 1.807) is 12.1 Å². The second-order valence-electron chi connectivity index (χ2n) is 7.30. The van der Waals surface area contributed by atoms with E-state index in [0.29, 0.717) is 18.8 Å². The number of carbonyl (C=O) groups is 2. The van der Waals surface area contributed by atoms with Crippen molar-refractivity contribution in [3.63, 3.8) is 0 Å². The summed E-state index contributed by atoms with van der Waals surface area (Å²) in [6.07, 6.45) is 2.91. The molecule has 1 fully saturated rings. The molecule has 0 saturated heterocycles. The summed E-state index contributed by atoms with van der Waals surface area (Å²) in [6.45, 7) is 3.95. The van der Waals surface area contributed by atoms with Crippen molar-refractivity contribution >= 4 is 23.3 Å². The fourth-order valence-electron chi connectivity index (χ4n) is 3.51. The molecule has 0 aromatic heterocycles. The molecule has 6 heteroatoms. The summed E-state index contributed by atoms with van der Waals surface area (Å²) in [5.74, 6) is 1.29. The number of rotatable bonds is 5. The Labute approximate surface area is 164 Å². The van der Waals surface area contributed by atoms with Crippen molar-refractivity contribution in [1.29, 1.82) is 0 Å². The largest absolute Gasteiger partial charge is 0.494 e. The minimum Gasteiger partial charge on any atom is -0.494 e. The predicted molar refractivity (Wildman–Crippen MR) is 109 cm³/mol. The first-order chi connectivity index (χ1) is 13.6. The third-order valence-electron chi connectivity index (χ3n) is 5.14. The van der Waals surface area contributed by atoms with Gasteiger partial charge in [-0.05, 0) is 73.7 Å². The summed E-state index contributed by atoms with van der Waals surface area (Å²) >= 11 is 0. The van der Waals surface area contributed by atoms with E-state index in [1.165, 1.54) is 5.56 Å². The maximum atomic E-state index is 12.3. The van der Waals surface area contributed by atoms with Crippen molar-refractivity contribution in [2.75, 3.05) is 23.8 Å². The molecule has 0 radical (unpaired) electrons. The number of urea groups is 1. The number of benzene rings is 2. The highest BCUT2D eigenvalue weighted by Gasteiger charge is 2.34. The Hall–Kier alpha value is -3.02. The number of anilines is 2. The summed E-state index contributed by atoms with van der Waals surface area (Å²) in [6, 6.07) is 12.9. The van der Waals surface area contributed by atoms with Gasteiger partial charge in [-0.2, -0.15) is 0 Å². The van der Waals surface area contributed by atoms with Gasteiger partial charge in [0.05, 0.1) is 6.61 Å². The lowest BCUT2D eigenvalue weighted by Crippen LogP contribution is -2.36. The molecular weight excluding hydrogens is 354 g/mol. The Morgan fingerprint density at radius 1 is 1.04 bits per heavy atom. The van der Waals surface area contributed by atoms with Crippen LogP contribution in [0.4, 0.5) is 16.2 Å². The highest BCUT2D eigenvalue weighted by molar-refractivity contribution is 5.99. The van der Waals surface area contributed by atoms with E-state index in [9.17, 15) is 9.59 Å². The van der Waals surface area contributed by atoms with Crippen molar-refractivity contribution in [1.82, 2.24) is 4.90 Å². The Bertz CT molecular complexity index is 875. The first-order valence-electron chi connectivity index (χ1n) is 9.84. The molecule has 2 aliphatic rings. The smallest absolute Gasteiger partial charge is 0.323 e. The van der Waals surface area contributed by atoms with Gasteiger partial charge in [-0.25, -0.2) is 4.79 Å². The SMILES string of the molecule is CCOc1ccc(NC(=O)Nc2ccc3c(c2)CN(C(=O)C2CC2)CC3)cc1. The van der Waals surface area contributed by atoms with Gasteiger partial charge < -0.3 is 20.3 Å². The van der Waals surface area contributed by atoms with Crippen LogP contribution >= 0.6 is 0 Å². The molecule has 1 aliphatic heterocycles. The number of hydrogen-bond donors (Lipinski definition) is 2. The lowest BCUT2D eigenvalue weighted by molar-refractivity contribution is -0.133. The molecule has 0 unspecified atom stereocenters. The lowest BCUT2D eigenvalue weighted by Gasteiger charge is -2.29. The molecule has 1 heterocycles. The van der Waals surface area contributed by atoms with Crippen LogP contribution in [0.5, 0.6) is 5.75 Å². The molecule has 28 heavy (non-hydrogen) atoms. The molecule has 146 valence electrons. The molecule has 0 bridgehead atoms. The maximum absolute atomic E-state index is 12.3. The lowest BCUT2D eigenvalue weighted by atomic mass is 9.98. The molecule has 2 aromatic rings. The van der Waals surface area contributed by atoms with Gasteiger partial charge in [0, 0.05) is 30.4 Å². The van der Waals surface area contributed by atoms with Gasteiger partial charge in [0.2, 0.25) is 5.91 Å². The van der Waals surface area contributed by atoms with E-state index in [4.69, 9.17) is 4.74 Å². The topological polar surface area (TPSA) is 70.7 Å². The average Bonchev–Trinajstić information content (AvgIpc) is 3.54. The number of nitrogens with one attached hydrogen (secondary N) is 2. The van der Waals surface area contributed by atoms with Crippen molar-refractivity contribution in [3.8, 4) is 5.75 Å².